The molecule has 5 heteroatoms. The molecule has 1 heterocycles. The summed E-state index contributed by atoms with van der Waals surface area (Å²) in [7, 11) is 0. The first-order valence-corrected chi connectivity index (χ1v) is 8.09. The first kappa shape index (κ1) is 15.7. The predicted octanol–water partition coefficient (Wildman–Crippen LogP) is 4.53. The van der Waals surface area contributed by atoms with Crippen molar-refractivity contribution in [1.82, 2.24) is 4.57 Å². The average molecular weight is 352 g/mol. The monoisotopic (exact) mass is 351 g/mol. The Morgan fingerprint density at radius 1 is 1.16 bits per heavy atom. The van der Waals surface area contributed by atoms with Crippen LogP contribution in [-0.4, -0.2) is 10.5 Å². The van der Waals surface area contributed by atoms with Crippen LogP contribution in [0.1, 0.15) is 15.9 Å². The van der Waals surface area contributed by atoms with Gasteiger partial charge in [0.15, 0.2) is 0 Å². The van der Waals surface area contributed by atoms with E-state index in [0.717, 1.165) is 27.4 Å². The van der Waals surface area contributed by atoms with E-state index in [4.69, 9.17) is 17.3 Å². The number of nitrogens with zero attached hydrogens (tertiary/aromatic N) is 1. The summed E-state index contributed by atoms with van der Waals surface area (Å²) in [5.41, 5.74) is 8.43. The smallest absolute Gasteiger partial charge is 0.249 e. The summed E-state index contributed by atoms with van der Waals surface area (Å²) in [6.45, 7) is 0.439. The van der Waals surface area contributed by atoms with Crippen LogP contribution >= 0.6 is 11.6 Å². The van der Waals surface area contributed by atoms with Gasteiger partial charge in [-0.25, -0.2) is 4.39 Å². The molecule has 123 valence electrons. The number of benzene rings is 3. The molecule has 4 aromatic rings. The normalized spacial score (nSPS) is 11.3. The molecule has 0 fully saturated rings. The molecular formula is C20H13ClFN2O. The Morgan fingerprint density at radius 3 is 2.72 bits per heavy atom. The number of nitrogens with two attached hydrogens (primary N) is 1. The second-order valence-electron chi connectivity index (χ2n) is 5.86. The van der Waals surface area contributed by atoms with Crippen molar-refractivity contribution in [3.05, 3.63) is 82.6 Å². The van der Waals surface area contributed by atoms with Gasteiger partial charge < -0.3 is 10.3 Å². The number of carbonyl (C=O) groups is 1. The van der Waals surface area contributed by atoms with Crippen molar-refractivity contribution < 1.29 is 9.18 Å². The van der Waals surface area contributed by atoms with Gasteiger partial charge in [0.05, 0.1) is 11.0 Å². The van der Waals surface area contributed by atoms with Gasteiger partial charge in [0.2, 0.25) is 5.91 Å². The van der Waals surface area contributed by atoms with E-state index in [1.807, 2.05) is 22.8 Å². The maximum absolute atomic E-state index is 13.6. The number of hydrogen-bond donors (Lipinski definition) is 1. The molecule has 0 saturated heterocycles. The van der Waals surface area contributed by atoms with Crippen molar-refractivity contribution >= 4 is 39.3 Å². The van der Waals surface area contributed by atoms with Crippen LogP contribution in [0, 0.1) is 11.9 Å². The lowest BCUT2D eigenvalue weighted by molar-refractivity contribution is 0.100. The number of aromatic nitrogens is 1. The number of amides is 1. The van der Waals surface area contributed by atoms with Crippen molar-refractivity contribution in [2.75, 3.05) is 0 Å². The topological polar surface area (TPSA) is 48.0 Å². The zero-order valence-electron chi connectivity index (χ0n) is 13.1. The maximum atomic E-state index is 13.6. The van der Waals surface area contributed by atoms with Gasteiger partial charge in [0.1, 0.15) is 5.82 Å². The summed E-state index contributed by atoms with van der Waals surface area (Å²) < 4.78 is 15.6. The summed E-state index contributed by atoms with van der Waals surface area (Å²) >= 11 is 6.15. The summed E-state index contributed by atoms with van der Waals surface area (Å²) in [6.07, 6.45) is 0. The predicted molar refractivity (Wildman–Crippen MR) is 97.3 cm³/mol. The maximum Gasteiger partial charge on any atom is 0.249 e. The lowest BCUT2D eigenvalue weighted by Gasteiger charge is -2.08. The van der Waals surface area contributed by atoms with E-state index in [9.17, 15) is 9.18 Å². The van der Waals surface area contributed by atoms with Crippen LogP contribution in [0.4, 0.5) is 4.39 Å². The minimum absolute atomic E-state index is 0.291. The number of carbonyl (C=O) groups excluding carboxylic acids is 1. The Hall–Kier alpha value is -2.85. The molecule has 0 bridgehead atoms. The van der Waals surface area contributed by atoms with Crippen molar-refractivity contribution in [1.29, 1.82) is 0 Å². The molecule has 2 N–H and O–H groups in total. The fourth-order valence-electron chi connectivity index (χ4n) is 3.22. The third-order valence-corrected chi connectivity index (χ3v) is 4.47. The SMILES string of the molecule is NC(=O)c1cccc2c1c1[c]cc(Cl)cc1n2Cc1cccc(F)c1. The number of rotatable bonds is 3. The van der Waals surface area contributed by atoms with E-state index in [2.05, 4.69) is 6.07 Å². The Bertz CT molecular complexity index is 1130. The fraction of sp³-hybridized carbons (Fsp3) is 0.0500. The Labute approximate surface area is 148 Å². The van der Waals surface area contributed by atoms with E-state index in [1.54, 1.807) is 24.3 Å². The highest BCUT2D eigenvalue weighted by atomic mass is 35.5. The first-order chi connectivity index (χ1) is 12.0. The van der Waals surface area contributed by atoms with Crippen molar-refractivity contribution in [2.45, 2.75) is 6.54 Å². The third-order valence-electron chi connectivity index (χ3n) is 4.25. The molecule has 0 saturated carbocycles. The van der Waals surface area contributed by atoms with Gasteiger partial charge in [-0.15, -0.1) is 0 Å². The highest BCUT2D eigenvalue weighted by molar-refractivity contribution is 6.31. The van der Waals surface area contributed by atoms with Crippen molar-refractivity contribution in [3.8, 4) is 0 Å². The molecular weight excluding hydrogens is 339 g/mol. The average Bonchev–Trinajstić information content (AvgIpc) is 2.88. The molecule has 4 rings (SSSR count). The summed E-state index contributed by atoms with van der Waals surface area (Å²) in [5, 5.41) is 2.04. The molecule has 0 unspecified atom stereocenters. The summed E-state index contributed by atoms with van der Waals surface area (Å²) in [5.74, 6) is -0.792. The van der Waals surface area contributed by atoms with E-state index in [0.29, 0.717) is 17.1 Å². The van der Waals surface area contributed by atoms with Crippen LogP contribution < -0.4 is 5.73 Å². The highest BCUT2D eigenvalue weighted by Gasteiger charge is 2.17. The molecule has 3 aromatic carbocycles. The van der Waals surface area contributed by atoms with Gasteiger partial charge in [-0.1, -0.05) is 29.8 Å². The van der Waals surface area contributed by atoms with E-state index < -0.39 is 5.91 Å². The molecule has 0 spiro atoms. The highest BCUT2D eigenvalue weighted by Crippen LogP contribution is 2.33. The second kappa shape index (κ2) is 5.90. The zero-order chi connectivity index (χ0) is 17.6. The minimum atomic E-state index is -0.501. The standard InChI is InChI=1S/C20H13ClFN2O/c21-13-7-8-15-18(10-13)24(11-12-3-1-4-14(22)9-12)17-6-2-5-16(19(15)17)20(23)25/h1-7,9-10H,11H2,(H2,23,25). The van der Waals surface area contributed by atoms with Crippen LogP contribution in [0.15, 0.2) is 54.6 Å². The Balaban J connectivity index is 2.06. The van der Waals surface area contributed by atoms with Crippen molar-refractivity contribution in [3.63, 3.8) is 0 Å². The molecule has 0 aliphatic heterocycles. The first-order valence-electron chi connectivity index (χ1n) is 7.71. The van der Waals surface area contributed by atoms with Crippen LogP contribution in [0.5, 0.6) is 0 Å². The van der Waals surface area contributed by atoms with E-state index >= 15 is 0 Å². The number of primary amides is 1. The lowest BCUT2D eigenvalue weighted by atomic mass is 10.1. The molecule has 1 aromatic heterocycles. The fourth-order valence-corrected chi connectivity index (χ4v) is 3.38. The van der Waals surface area contributed by atoms with Gasteiger partial charge >= 0.3 is 0 Å². The summed E-state index contributed by atoms with van der Waals surface area (Å²) in [6, 6.07) is 18.4. The molecule has 1 amide bonds. The van der Waals surface area contributed by atoms with E-state index in [1.165, 1.54) is 12.1 Å². The molecule has 25 heavy (non-hydrogen) atoms. The van der Waals surface area contributed by atoms with E-state index in [-0.39, 0.29) is 5.82 Å². The lowest BCUT2D eigenvalue weighted by Crippen LogP contribution is -2.11. The number of fused-ring (bicyclic) bond motifs is 3. The van der Waals surface area contributed by atoms with Crippen LogP contribution in [0.3, 0.4) is 0 Å². The van der Waals surface area contributed by atoms with Gasteiger partial charge in [-0.2, -0.15) is 0 Å². The Morgan fingerprint density at radius 2 is 1.96 bits per heavy atom. The zero-order valence-corrected chi connectivity index (χ0v) is 13.8. The number of halogens is 2. The number of hydrogen-bond acceptors (Lipinski definition) is 1. The van der Waals surface area contributed by atoms with Crippen molar-refractivity contribution in [2.24, 2.45) is 5.73 Å². The quantitative estimate of drug-likeness (QED) is 0.579. The second-order valence-corrected chi connectivity index (χ2v) is 6.29. The molecule has 0 atom stereocenters. The molecule has 0 aliphatic rings. The van der Waals surface area contributed by atoms with Crippen LogP contribution in [0.2, 0.25) is 5.02 Å². The molecule has 1 radical (unpaired) electrons. The van der Waals surface area contributed by atoms with Crippen LogP contribution in [0.25, 0.3) is 21.8 Å². The summed E-state index contributed by atoms with van der Waals surface area (Å²) in [4.78, 5) is 11.9. The molecule has 3 nitrogen and oxygen atoms in total. The molecule has 0 aliphatic carbocycles. The van der Waals surface area contributed by atoms with Gasteiger partial charge in [-0.3, -0.25) is 4.79 Å². The van der Waals surface area contributed by atoms with Gasteiger partial charge in [0.25, 0.3) is 0 Å². The van der Waals surface area contributed by atoms with Crippen LogP contribution in [-0.2, 0) is 6.54 Å². The minimum Gasteiger partial charge on any atom is -0.366 e. The largest absolute Gasteiger partial charge is 0.366 e. The Kier molecular flexibility index (Phi) is 3.70. The van der Waals surface area contributed by atoms with Gasteiger partial charge in [-0.05, 0) is 48.0 Å². The van der Waals surface area contributed by atoms with Gasteiger partial charge in [0, 0.05) is 27.9 Å². The third kappa shape index (κ3) is 2.65.